The number of hydrogen-bond acceptors (Lipinski definition) is 2. The quantitative estimate of drug-likeness (QED) is 0.787. The number of benzene rings is 2. The molecule has 3 rings (SSSR count). The number of nitrogens with one attached hydrogen (secondary N) is 2. The molecule has 0 spiro atoms. The van der Waals surface area contributed by atoms with Crippen LogP contribution in [0.1, 0.15) is 41.6 Å². The minimum absolute atomic E-state index is 0.0206. The summed E-state index contributed by atoms with van der Waals surface area (Å²) in [5.41, 5.74) is 2.81. The smallest absolute Gasteiger partial charge is 0.251 e. The van der Waals surface area contributed by atoms with Crippen molar-refractivity contribution in [3.8, 4) is 0 Å². The van der Waals surface area contributed by atoms with Gasteiger partial charge < -0.3 is 10.6 Å². The maximum Gasteiger partial charge on any atom is 0.251 e. The van der Waals surface area contributed by atoms with Gasteiger partial charge in [-0.2, -0.15) is 0 Å². The highest BCUT2D eigenvalue weighted by atomic mass is 35.5. The van der Waals surface area contributed by atoms with Crippen molar-refractivity contribution >= 4 is 23.2 Å². The van der Waals surface area contributed by atoms with Gasteiger partial charge in [0.2, 0.25) is 0 Å². The third-order valence-corrected chi connectivity index (χ3v) is 5.39. The molecule has 4 heteroatoms. The summed E-state index contributed by atoms with van der Waals surface area (Å²) in [6.07, 6.45) is 4.35. The Hall–Kier alpha value is -2.00. The molecular formula is C21H25ClN2O. The van der Waals surface area contributed by atoms with Gasteiger partial charge in [-0.25, -0.2) is 0 Å². The summed E-state index contributed by atoms with van der Waals surface area (Å²) < 4.78 is 0. The molecule has 2 aromatic carbocycles. The van der Waals surface area contributed by atoms with E-state index in [-0.39, 0.29) is 11.9 Å². The first-order valence-corrected chi connectivity index (χ1v) is 9.35. The molecule has 1 aliphatic rings. The summed E-state index contributed by atoms with van der Waals surface area (Å²) in [6, 6.07) is 16.1. The van der Waals surface area contributed by atoms with Crippen LogP contribution in [0.5, 0.6) is 0 Å². The number of aryl methyl sites for hydroxylation is 1. The molecule has 25 heavy (non-hydrogen) atoms. The van der Waals surface area contributed by atoms with Gasteiger partial charge in [-0.05, 0) is 68.4 Å². The molecule has 0 aromatic heterocycles. The number of para-hydroxylation sites is 1. The molecule has 132 valence electrons. The van der Waals surface area contributed by atoms with Crippen LogP contribution in [0.3, 0.4) is 0 Å². The van der Waals surface area contributed by atoms with Gasteiger partial charge in [0.05, 0.1) is 0 Å². The number of carbonyl (C=O) groups excluding carboxylic acids is 1. The third-order valence-electron chi connectivity index (χ3n) is 4.98. The van der Waals surface area contributed by atoms with E-state index in [2.05, 4.69) is 22.8 Å². The molecule has 0 saturated heterocycles. The standard InChI is InChI=1S/C21H25ClN2O/c1-15-7-10-17(13-20(15)22)21(25)24-19-11-8-16(9-12-19)14-23-18-5-3-2-4-6-18/h2-7,10,13,16,19,23H,8-9,11-12,14H2,1H3,(H,24,25). The first-order chi connectivity index (χ1) is 12.1. The Morgan fingerprint density at radius 1 is 1.08 bits per heavy atom. The van der Waals surface area contributed by atoms with E-state index in [1.807, 2.05) is 37.3 Å². The first kappa shape index (κ1) is 17.8. The lowest BCUT2D eigenvalue weighted by Gasteiger charge is -2.29. The molecule has 0 atom stereocenters. The number of rotatable bonds is 5. The molecule has 0 aliphatic heterocycles. The van der Waals surface area contributed by atoms with Crippen molar-refractivity contribution in [2.24, 2.45) is 5.92 Å². The molecule has 0 heterocycles. The Kier molecular flexibility index (Phi) is 5.98. The van der Waals surface area contributed by atoms with Crippen molar-refractivity contribution in [3.63, 3.8) is 0 Å². The minimum Gasteiger partial charge on any atom is -0.385 e. The second kappa shape index (κ2) is 8.39. The summed E-state index contributed by atoms with van der Waals surface area (Å²) in [5, 5.41) is 7.31. The Labute approximate surface area is 154 Å². The fourth-order valence-electron chi connectivity index (χ4n) is 3.33. The van der Waals surface area contributed by atoms with Crippen LogP contribution < -0.4 is 10.6 Å². The maximum atomic E-state index is 12.4. The van der Waals surface area contributed by atoms with Crippen LogP contribution in [0.4, 0.5) is 5.69 Å². The van der Waals surface area contributed by atoms with E-state index in [0.29, 0.717) is 16.5 Å². The van der Waals surface area contributed by atoms with Gasteiger partial charge in [0, 0.05) is 28.9 Å². The molecule has 2 aromatic rings. The molecule has 1 amide bonds. The van der Waals surface area contributed by atoms with Crippen molar-refractivity contribution in [3.05, 3.63) is 64.7 Å². The molecule has 1 fully saturated rings. The predicted octanol–water partition coefficient (Wildman–Crippen LogP) is 5.05. The normalized spacial score (nSPS) is 20.1. The van der Waals surface area contributed by atoms with E-state index >= 15 is 0 Å². The second-order valence-electron chi connectivity index (χ2n) is 6.90. The van der Waals surface area contributed by atoms with Gasteiger partial charge in [0.15, 0.2) is 0 Å². The Morgan fingerprint density at radius 3 is 2.48 bits per heavy atom. The minimum atomic E-state index is -0.0206. The number of anilines is 1. The lowest BCUT2D eigenvalue weighted by atomic mass is 9.86. The van der Waals surface area contributed by atoms with Crippen molar-refractivity contribution in [2.75, 3.05) is 11.9 Å². The molecule has 1 aliphatic carbocycles. The van der Waals surface area contributed by atoms with Gasteiger partial charge in [-0.15, -0.1) is 0 Å². The van der Waals surface area contributed by atoms with E-state index in [1.165, 1.54) is 5.69 Å². The number of hydrogen-bond donors (Lipinski definition) is 2. The first-order valence-electron chi connectivity index (χ1n) is 8.98. The third kappa shape index (κ3) is 4.99. The molecule has 0 radical (unpaired) electrons. The van der Waals surface area contributed by atoms with Crippen LogP contribution >= 0.6 is 11.6 Å². The zero-order valence-corrected chi connectivity index (χ0v) is 15.4. The average molecular weight is 357 g/mol. The summed E-state index contributed by atoms with van der Waals surface area (Å²) in [4.78, 5) is 12.4. The van der Waals surface area contributed by atoms with Gasteiger partial charge >= 0.3 is 0 Å². The van der Waals surface area contributed by atoms with E-state index in [1.54, 1.807) is 6.07 Å². The highest BCUT2D eigenvalue weighted by molar-refractivity contribution is 6.31. The average Bonchev–Trinajstić information content (AvgIpc) is 2.64. The fourth-order valence-corrected chi connectivity index (χ4v) is 3.51. The highest BCUT2D eigenvalue weighted by Gasteiger charge is 2.22. The van der Waals surface area contributed by atoms with Crippen LogP contribution in [-0.4, -0.2) is 18.5 Å². The summed E-state index contributed by atoms with van der Waals surface area (Å²) in [7, 11) is 0. The van der Waals surface area contributed by atoms with Crippen LogP contribution in [0.2, 0.25) is 5.02 Å². The maximum absolute atomic E-state index is 12.4. The SMILES string of the molecule is Cc1ccc(C(=O)NC2CCC(CNc3ccccc3)CC2)cc1Cl. The molecule has 0 bridgehead atoms. The fraction of sp³-hybridized carbons (Fsp3) is 0.381. The monoisotopic (exact) mass is 356 g/mol. The number of halogens is 1. The topological polar surface area (TPSA) is 41.1 Å². The van der Waals surface area contributed by atoms with E-state index in [9.17, 15) is 4.79 Å². The summed E-state index contributed by atoms with van der Waals surface area (Å²) in [5.74, 6) is 0.648. The molecule has 3 nitrogen and oxygen atoms in total. The van der Waals surface area contributed by atoms with Gasteiger partial charge in [-0.1, -0.05) is 35.9 Å². The Morgan fingerprint density at radius 2 is 1.80 bits per heavy atom. The Balaban J connectivity index is 1.44. The number of amides is 1. The number of carbonyl (C=O) groups is 1. The van der Waals surface area contributed by atoms with E-state index in [4.69, 9.17) is 11.6 Å². The predicted molar refractivity (Wildman–Crippen MR) is 104 cm³/mol. The lowest BCUT2D eigenvalue weighted by molar-refractivity contribution is 0.0922. The highest BCUT2D eigenvalue weighted by Crippen LogP contribution is 2.25. The lowest BCUT2D eigenvalue weighted by Crippen LogP contribution is -2.38. The summed E-state index contributed by atoms with van der Waals surface area (Å²) >= 11 is 6.12. The molecule has 0 unspecified atom stereocenters. The van der Waals surface area contributed by atoms with Crippen LogP contribution in [0.15, 0.2) is 48.5 Å². The second-order valence-corrected chi connectivity index (χ2v) is 7.31. The van der Waals surface area contributed by atoms with Crippen molar-refractivity contribution in [1.82, 2.24) is 5.32 Å². The summed E-state index contributed by atoms with van der Waals surface area (Å²) in [6.45, 7) is 2.94. The largest absolute Gasteiger partial charge is 0.385 e. The molecule has 2 N–H and O–H groups in total. The van der Waals surface area contributed by atoms with Crippen molar-refractivity contribution < 1.29 is 4.79 Å². The van der Waals surface area contributed by atoms with Crippen LogP contribution in [-0.2, 0) is 0 Å². The van der Waals surface area contributed by atoms with Crippen LogP contribution in [0.25, 0.3) is 0 Å². The van der Waals surface area contributed by atoms with E-state index < -0.39 is 0 Å². The van der Waals surface area contributed by atoms with Gasteiger partial charge in [0.25, 0.3) is 5.91 Å². The van der Waals surface area contributed by atoms with Gasteiger partial charge in [-0.3, -0.25) is 4.79 Å². The zero-order chi connectivity index (χ0) is 17.6. The van der Waals surface area contributed by atoms with Crippen molar-refractivity contribution in [2.45, 2.75) is 38.6 Å². The molecular weight excluding hydrogens is 332 g/mol. The van der Waals surface area contributed by atoms with Crippen molar-refractivity contribution in [1.29, 1.82) is 0 Å². The van der Waals surface area contributed by atoms with Crippen LogP contribution in [0, 0.1) is 12.8 Å². The zero-order valence-electron chi connectivity index (χ0n) is 14.6. The van der Waals surface area contributed by atoms with Gasteiger partial charge in [0.1, 0.15) is 0 Å². The Bertz CT molecular complexity index is 709. The molecule has 1 saturated carbocycles. The van der Waals surface area contributed by atoms with E-state index in [0.717, 1.165) is 37.8 Å².